The minimum absolute atomic E-state index is 0.0567. The first-order valence-electron chi connectivity index (χ1n) is 6.67. The minimum atomic E-state index is 0.0567. The van der Waals surface area contributed by atoms with Gasteiger partial charge in [0.15, 0.2) is 5.78 Å². The van der Waals surface area contributed by atoms with Crippen LogP contribution >= 0.6 is 0 Å². The number of carbonyl (C=O) groups excluding carboxylic acids is 1. The van der Waals surface area contributed by atoms with Gasteiger partial charge in [-0.1, -0.05) is 13.3 Å². The summed E-state index contributed by atoms with van der Waals surface area (Å²) in [5.41, 5.74) is 2.41. The van der Waals surface area contributed by atoms with Gasteiger partial charge < -0.3 is 4.74 Å². The van der Waals surface area contributed by atoms with Crippen LogP contribution in [-0.2, 0) is 0 Å². The lowest BCUT2D eigenvalue weighted by molar-refractivity contribution is 0.101. The number of unbranched alkanes of at least 4 members (excludes halogenated alkanes) is 1. The molecule has 0 bridgehead atoms. The van der Waals surface area contributed by atoms with Crippen LogP contribution in [0.5, 0.6) is 5.75 Å². The molecule has 100 valence electrons. The fourth-order valence-corrected chi connectivity index (χ4v) is 2.05. The maximum absolute atomic E-state index is 11.7. The maximum Gasteiger partial charge on any atom is 0.160 e. The molecule has 0 aliphatic carbocycles. The van der Waals surface area contributed by atoms with Crippen molar-refractivity contribution < 1.29 is 9.53 Å². The highest BCUT2D eigenvalue weighted by atomic mass is 16.5. The zero-order valence-corrected chi connectivity index (χ0v) is 11.7. The third-order valence-electron chi connectivity index (χ3n) is 3.05. The van der Waals surface area contributed by atoms with Crippen LogP contribution in [0.25, 0.3) is 10.9 Å². The summed E-state index contributed by atoms with van der Waals surface area (Å²) in [5.74, 6) is 0.857. The summed E-state index contributed by atoms with van der Waals surface area (Å²) < 4.78 is 5.68. The van der Waals surface area contributed by atoms with Crippen LogP contribution in [0.3, 0.4) is 0 Å². The van der Waals surface area contributed by atoms with Gasteiger partial charge in [-0.15, -0.1) is 0 Å². The lowest BCUT2D eigenvalue weighted by Gasteiger charge is -2.09. The molecular formula is C16H19NO2. The average Bonchev–Trinajstić information content (AvgIpc) is 2.38. The lowest BCUT2D eigenvalue weighted by Crippen LogP contribution is -1.99. The third kappa shape index (κ3) is 3.11. The molecule has 1 aromatic heterocycles. The Kier molecular flexibility index (Phi) is 4.15. The quantitative estimate of drug-likeness (QED) is 0.602. The Balaban J connectivity index is 2.42. The average molecular weight is 257 g/mol. The zero-order valence-electron chi connectivity index (χ0n) is 11.7. The number of ketones is 1. The van der Waals surface area contributed by atoms with Crippen molar-refractivity contribution in [2.75, 3.05) is 6.61 Å². The van der Waals surface area contributed by atoms with E-state index in [0.29, 0.717) is 12.2 Å². The minimum Gasteiger partial charge on any atom is -0.494 e. The van der Waals surface area contributed by atoms with Crippen molar-refractivity contribution in [3.8, 4) is 5.75 Å². The van der Waals surface area contributed by atoms with Gasteiger partial charge in [-0.25, -0.2) is 0 Å². The number of nitrogens with zero attached hydrogens (tertiary/aromatic N) is 1. The van der Waals surface area contributed by atoms with Gasteiger partial charge in [0, 0.05) is 16.6 Å². The number of hydrogen-bond acceptors (Lipinski definition) is 3. The standard InChI is InChI=1S/C16H19NO2/c1-4-5-8-19-13-6-7-16-15(10-13)14(12(3)18)9-11(2)17-16/h6-7,9-10H,4-5,8H2,1-3H3. The van der Waals surface area contributed by atoms with Gasteiger partial charge in [-0.2, -0.15) is 0 Å². The largest absolute Gasteiger partial charge is 0.494 e. The smallest absolute Gasteiger partial charge is 0.160 e. The van der Waals surface area contributed by atoms with Gasteiger partial charge in [0.05, 0.1) is 12.1 Å². The highest BCUT2D eigenvalue weighted by Gasteiger charge is 2.09. The van der Waals surface area contributed by atoms with E-state index in [4.69, 9.17) is 4.74 Å². The first-order chi connectivity index (χ1) is 9.11. The van der Waals surface area contributed by atoms with E-state index in [1.807, 2.05) is 31.2 Å². The second kappa shape index (κ2) is 5.83. The predicted octanol–water partition coefficient (Wildman–Crippen LogP) is 3.92. The first kappa shape index (κ1) is 13.5. The number of Topliss-reactive ketones (excluding diaryl/α,β-unsaturated/α-hetero) is 1. The Morgan fingerprint density at radius 1 is 1.32 bits per heavy atom. The third-order valence-corrected chi connectivity index (χ3v) is 3.05. The van der Waals surface area contributed by atoms with Gasteiger partial charge in [0.25, 0.3) is 0 Å². The van der Waals surface area contributed by atoms with Gasteiger partial charge in [-0.05, 0) is 44.5 Å². The molecule has 0 N–H and O–H groups in total. The van der Waals surface area contributed by atoms with E-state index >= 15 is 0 Å². The van der Waals surface area contributed by atoms with Gasteiger partial charge in [0.1, 0.15) is 5.75 Å². The summed E-state index contributed by atoms with van der Waals surface area (Å²) in [6.45, 7) is 6.32. The van der Waals surface area contributed by atoms with Crippen LogP contribution in [0, 0.1) is 6.92 Å². The number of benzene rings is 1. The van der Waals surface area contributed by atoms with Crippen LogP contribution in [0.1, 0.15) is 42.7 Å². The van der Waals surface area contributed by atoms with E-state index in [1.54, 1.807) is 6.92 Å². The van der Waals surface area contributed by atoms with Gasteiger partial charge in [0.2, 0.25) is 0 Å². The lowest BCUT2D eigenvalue weighted by atomic mass is 10.0. The fraction of sp³-hybridized carbons (Fsp3) is 0.375. The number of aromatic nitrogens is 1. The summed E-state index contributed by atoms with van der Waals surface area (Å²) in [7, 11) is 0. The fourth-order valence-electron chi connectivity index (χ4n) is 2.05. The second-order valence-electron chi connectivity index (χ2n) is 4.75. The SMILES string of the molecule is CCCCOc1ccc2nc(C)cc(C(C)=O)c2c1. The van der Waals surface area contributed by atoms with E-state index in [0.717, 1.165) is 35.2 Å². The Morgan fingerprint density at radius 2 is 2.11 bits per heavy atom. The van der Waals surface area contributed by atoms with E-state index in [1.165, 1.54) is 0 Å². The molecule has 0 aliphatic rings. The van der Waals surface area contributed by atoms with Crippen LogP contribution in [0.4, 0.5) is 0 Å². The molecule has 0 atom stereocenters. The van der Waals surface area contributed by atoms with Crippen LogP contribution in [-0.4, -0.2) is 17.4 Å². The molecule has 1 aromatic carbocycles. The number of ether oxygens (including phenoxy) is 1. The van der Waals surface area contributed by atoms with E-state index in [-0.39, 0.29) is 5.78 Å². The number of hydrogen-bond donors (Lipinski definition) is 0. The van der Waals surface area contributed by atoms with Crippen molar-refractivity contribution in [3.05, 3.63) is 35.5 Å². The van der Waals surface area contributed by atoms with Gasteiger partial charge >= 0.3 is 0 Å². The molecule has 0 fully saturated rings. The predicted molar refractivity (Wildman–Crippen MR) is 76.9 cm³/mol. The Labute approximate surface area is 113 Å². The highest BCUT2D eigenvalue weighted by Crippen LogP contribution is 2.24. The molecule has 19 heavy (non-hydrogen) atoms. The maximum atomic E-state index is 11.7. The first-order valence-corrected chi connectivity index (χ1v) is 6.67. The molecule has 1 heterocycles. The number of pyridine rings is 1. The molecule has 0 radical (unpaired) electrons. The van der Waals surface area contributed by atoms with Crippen molar-refractivity contribution in [1.29, 1.82) is 0 Å². The van der Waals surface area contributed by atoms with E-state index in [9.17, 15) is 4.79 Å². The second-order valence-corrected chi connectivity index (χ2v) is 4.75. The summed E-state index contributed by atoms with van der Waals surface area (Å²) in [4.78, 5) is 16.2. The molecule has 2 rings (SSSR count). The van der Waals surface area contributed by atoms with Crippen LogP contribution in [0.2, 0.25) is 0 Å². The van der Waals surface area contributed by atoms with Crippen molar-refractivity contribution in [2.24, 2.45) is 0 Å². The van der Waals surface area contributed by atoms with E-state index < -0.39 is 0 Å². The number of fused-ring (bicyclic) bond motifs is 1. The molecule has 0 amide bonds. The normalized spacial score (nSPS) is 10.7. The molecule has 2 aromatic rings. The topological polar surface area (TPSA) is 39.2 Å². The van der Waals surface area contributed by atoms with Gasteiger partial charge in [-0.3, -0.25) is 9.78 Å². The number of carbonyl (C=O) groups is 1. The Morgan fingerprint density at radius 3 is 2.79 bits per heavy atom. The molecule has 3 nitrogen and oxygen atoms in total. The summed E-state index contributed by atoms with van der Waals surface area (Å²) >= 11 is 0. The van der Waals surface area contributed by atoms with Crippen molar-refractivity contribution in [1.82, 2.24) is 4.98 Å². The molecule has 0 saturated heterocycles. The number of rotatable bonds is 5. The summed E-state index contributed by atoms with van der Waals surface area (Å²) in [6.07, 6.45) is 2.14. The Bertz CT molecular complexity index is 605. The Hall–Kier alpha value is -1.90. The molecular weight excluding hydrogens is 238 g/mol. The van der Waals surface area contributed by atoms with E-state index in [2.05, 4.69) is 11.9 Å². The van der Waals surface area contributed by atoms with Crippen molar-refractivity contribution >= 4 is 16.7 Å². The molecule has 3 heteroatoms. The monoisotopic (exact) mass is 257 g/mol. The molecule has 0 spiro atoms. The zero-order chi connectivity index (χ0) is 13.8. The molecule has 0 unspecified atom stereocenters. The van der Waals surface area contributed by atoms with Crippen molar-refractivity contribution in [3.63, 3.8) is 0 Å². The molecule has 0 aliphatic heterocycles. The van der Waals surface area contributed by atoms with Crippen LogP contribution in [0.15, 0.2) is 24.3 Å². The summed E-state index contributed by atoms with van der Waals surface area (Å²) in [5, 5.41) is 0.868. The van der Waals surface area contributed by atoms with Crippen LogP contribution < -0.4 is 4.74 Å². The molecule has 0 saturated carbocycles. The number of aryl methyl sites for hydroxylation is 1. The summed E-state index contributed by atoms with van der Waals surface area (Å²) in [6, 6.07) is 7.57. The highest BCUT2D eigenvalue weighted by molar-refractivity contribution is 6.06. The van der Waals surface area contributed by atoms with Crippen molar-refractivity contribution in [2.45, 2.75) is 33.6 Å².